The van der Waals surface area contributed by atoms with E-state index in [1.165, 1.54) is 19.2 Å². The van der Waals surface area contributed by atoms with E-state index < -0.39 is 23.4 Å². The molecule has 25 heavy (non-hydrogen) atoms. The largest absolute Gasteiger partial charge is 0.490 e. The van der Waals surface area contributed by atoms with Crippen molar-refractivity contribution in [1.29, 1.82) is 0 Å². The van der Waals surface area contributed by atoms with Crippen LogP contribution in [0, 0.1) is 10.1 Å². The number of rotatable bonds is 6. The van der Waals surface area contributed by atoms with Crippen molar-refractivity contribution >= 4 is 39.2 Å². The highest BCUT2D eigenvalue weighted by atomic mass is 79.9. The first-order valence-corrected chi connectivity index (χ1v) is 7.75. The van der Waals surface area contributed by atoms with E-state index >= 15 is 0 Å². The summed E-state index contributed by atoms with van der Waals surface area (Å²) in [5.74, 6) is -1.36. The first-order chi connectivity index (χ1) is 11.9. The van der Waals surface area contributed by atoms with E-state index in [0.717, 1.165) is 10.5 Å². The summed E-state index contributed by atoms with van der Waals surface area (Å²) in [5, 5.41) is 13.5. The number of carbonyl (C=O) groups excluding carboxylic acids is 2. The zero-order chi connectivity index (χ0) is 18.4. The van der Waals surface area contributed by atoms with Gasteiger partial charge in [0.15, 0.2) is 12.4 Å². The predicted molar refractivity (Wildman–Crippen MR) is 92.7 cm³/mol. The van der Waals surface area contributed by atoms with Crippen molar-refractivity contribution in [1.82, 2.24) is 0 Å². The maximum Gasteiger partial charge on any atom is 0.338 e. The molecule has 2 rings (SSSR count). The minimum absolute atomic E-state index is 0.0227. The van der Waals surface area contributed by atoms with Crippen LogP contribution in [0.25, 0.3) is 0 Å². The van der Waals surface area contributed by atoms with E-state index in [9.17, 15) is 19.7 Å². The molecule has 0 radical (unpaired) electrons. The Morgan fingerprint density at radius 2 is 1.88 bits per heavy atom. The van der Waals surface area contributed by atoms with Crippen LogP contribution in [0.1, 0.15) is 10.4 Å². The van der Waals surface area contributed by atoms with E-state index in [2.05, 4.69) is 21.2 Å². The summed E-state index contributed by atoms with van der Waals surface area (Å²) in [7, 11) is 1.28. The molecule has 1 amide bonds. The van der Waals surface area contributed by atoms with Gasteiger partial charge in [0.25, 0.3) is 5.91 Å². The molecule has 9 heteroatoms. The second-order valence-corrected chi connectivity index (χ2v) is 5.69. The fraction of sp³-hybridized carbons (Fsp3) is 0.125. The minimum atomic E-state index is -0.850. The van der Waals surface area contributed by atoms with Crippen molar-refractivity contribution < 1.29 is 24.0 Å². The first-order valence-electron chi connectivity index (χ1n) is 6.95. The van der Waals surface area contributed by atoms with Gasteiger partial charge in [-0.25, -0.2) is 4.79 Å². The lowest BCUT2D eigenvalue weighted by atomic mass is 10.2. The van der Waals surface area contributed by atoms with Crippen LogP contribution in [0.5, 0.6) is 5.75 Å². The molecule has 1 N–H and O–H groups in total. The second kappa shape index (κ2) is 8.25. The van der Waals surface area contributed by atoms with Gasteiger partial charge in [-0.2, -0.15) is 0 Å². The Kier molecular flexibility index (Phi) is 6.07. The van der Waals surface area contributed by atoms with Crippen LogP contribution in [0.3, 0.4) is 0 Å². The number of esters is 1. The van der Waals surface area contributed by atoms with Crippen LogP contribution in [-0.4, -0.2) is 30.5 Å². The van der Waals surface area contributed by atoms with Crippen molar-refractivity contribution in [2.45, 2.75) is 0 Å². The smallest absolute Gasteiger partial charge is 0.338 e. The van der Waals surface area contributed by atoms with Gasteiger partial charge >= 0.3 is 11.7 Å². The van der Waals surface area contributed by atoms with E-state index in [1.54, 1.807) is 24.3 Å². The fourth-order valence-corrected chi connectivity index (χ4v) is 2.17. The van der Waals surface area contributed by atoms with Crippen LogP contribution in [-0.2, 0) is 9.53 Å². The SMILES string of the molecule is COc1ccc(C(=O)OCC(=O)Nc2ccc(Br)cc2)cc1[N+](=O)[O-]. The van der Waals surface area contributed by atoms with E-state index in [4.69, 9.17) is 9.47 Å². The number of carbonyl (C=O) groups is 2. The average molecular weight is 409 g/mol. The van der Waals surface area contributed by atoms with E-state index in [0.29, 0.717) is 5.69 Å². The van der Waals surface area contributed by atoms with Crippen molar-refractivity contribution in [2.75, 3.05) is 19.0 Å². The summed E-state index contributed by atoms with van der Waals surface area (Å²) >= 11 is 3.27. The van der Waals surface area contributed by atoms with E-state index in [-0.39, 0.29) is 17.0 Å². The van der Waals surface area contributed by atoms with Gasteiger partial charge in [-0.15, -0.1) is 0 Å². The molecular weight excluding hydrogens is 396 g/mol. The molecule has 0 aliphatic rings. The normalized spacial score (nSPS) is 10.0. The minimum Gasteiger partial charge on any atom is -0.490 e. The third kappa shape index (κ3) is 5.01. The Balaban J connectivity index is 1.97. The number of nitrogens with one attached hydrogen (secondary N) is 1. The number of nitro benzene ring substituents is 1. The maximum atomic E-state index is 11.9. The molecule has 0 aliphatic heterocycles. The van der Waals surface area contributed by atoms with Gasteiger partial charge in [0.2, 0.25) is 0 Å². The van der Waals surface area contributed by atoms with E-state index in [1.807, 2.05) is 0 Å². The predicted octanol–water partition coefficient (Wildman–Crippen LogP) is 3.16. The highest BCUT2D eigenvalue weighted by molar-refractivity contribution is 9.10. The van der Waals surface area contributed by atoms with Crippen molar-refractivity contribution in [3.63, 3.8) is 0 Å². The summed E-state index contributed by atoms with van der Waals surface area (Å²) in [6.45, 7) is -0.519. The van der Waals surface area contributed by atoms with Gasteiger partial charge < -0.3 is 14.8 Å². The zero-order valence-corrected chi connectivity index (χ0v) is 14.6. The summed E-state index contributed by atoms with van der Waals surface area (Å²) in [4.78, 5) is 34.0. The molecule has 0 fully saturated rings. The number of anilines is 1. The van der Waals surface area contributed by atoms with Crippen LogP contribution < -0.4 is 10.1 Å². The van der Waals surface area contributed by atoms with Crippen LogP contribution in [0.2, 0.25) is 0 Å². The van der Waals surface area contributed by atoms with Gasteiger partial charge in [0.05, 0.1) is 17.6 Å². The average Bonchev–Trinajstić information content (AvgIpc) is 2.61. The molecule has 0 unspecified atom stereocenters. The molecule has 0 aromatic heterocycles. The Morgan fingerprint density at radius 1 is 1.20 bits per heavy atom. The number of nitrogens with zero attached hydrogens (tertiary/aromatic N) is 1. The number of hydrogen-bond acceptors (Lipinski definition) is 6. The van der Waals surface area contributed by atoms with Gasteiger partial charge in [0, 0.05) is 16.2 Å². The summed E-state index contributed by atoms with van der Waals surface area (Å²) in [6, 6.07) is 10.5. The summed E-state index contributed by atoms with van der Waals surface area (Å²) in [5.41, 5.74) is 0.129. The Morgan fingerprint density at radius 3 is 2.48 bits per heavy atom. The summed E-state index contributed by atoms with van der Waals surface area (Å²) in [6.07, 6.45) is 0. The van der Waals surface area contributed by atoms with Gasteiger partial charge in [-0.1, -0.05) is 15.9 Å². The Labute approximate surface area is 151 Å². The third-order valence-electron chi connectivity index (χ3n) is 3.07. The number of hydrogen-bond donors (Lipinski definition) is 1. The number of benzene rings is 2. The first kappa shape index (κ1) is 18.4. The third-order valence-corrected chi connectivity index (χ3v) is 3.60. The lowest BCUT2D eigenvalue weighted by Gasteiger charge is -2.07. The number of amides is 1. The fourth-order valence-electron chi connectivity index (χ4n) is 1.90. The topological polar surface area (TPSA) is 108 Å². The molecule has 0 atom stereocenters. The standard InChI is InChI=1S/C16H13BrN2O6/c1-24-14-7-2-10(8-13(14)19(22)23)16(21)25-9-15(20)18-12-5-3-11(17)4-6-12/h2-8H,9H2,1H3,(H,18,20). The molecule has 0 saturated carbocycles. The highest BCUT2D eigenvalue weighted by Gasteiger charge is 2.19. The monoisotopic (exact) mass is 408 g/mol. The second-order valence-electron chi connectivity index (χ2n) is 4.77. The molecule has 0 saturated heterocycles. The lowest BCUT2D eigenvalue weighted by Crippen LogP contribution is -2.21. The molecule has 2 aromatic carbocycles. The number of nitro groups is 1. The molecule has 2 aromatic rings. The molecule has 0 bridgehead atoms. The zero-order valence-electron chi connectivity index (χ0n) is 13.0. The van der Waals surface area contributed by atoms with Gasteiger partial charge in [-0.3, -0.25) is 14.9 Å². The Bertz CT molecular complexity index is 807. The van der Waals surface area contributed by atoms with Crippen molar-refractivity contribution in [3.8, 4) is 5.75 Å². The molecular formula is C16H13BrN2O6. The van der Waals surface area contributed by atoms with Crippen LogP contribution in [0.4, 0.5) is 11.4 Å². The quantitative estimate of drug-likeness (QED) is 0.446. The number of methoxy groups -OCH3 is 1. The lowest BCUT2D eigenvalue weighted by molar-refractivity contribution is -0.385. The molecule has 0 heterocycles. The van der Waals surface area contributed by atoms with Gasteiger partial charge in [0.1, 0.15) is 0 Å². The molecule has 0 aliphatic carbocycles. The van der Waals surface area contributed by atoms with Gasteiger partial charge in [-0.05, 0) is 36.4 Å². The van der Waals surface area contributed by atoms with Crippen molar-refractivity contribution in [2.24, 2.45) is 0 Å². The molecule has 130 valence electrons. The van der Waals surface area contributed by atoms with Crippen LogP contribution >= 0.6 is 15.9 Å². The molecule has 8 nitrogen and oxygen atoms in total. The summed E-state index contributed by atoms with van der Waals surface area (Å²) < 4.78 is 10.6. The van der Waals surface area contributed by atoms with Crippen LogP contribution in [0.15, 0.2) is 46.9 Å². The maximum absolute atomic E-state index is 11.9. The molecule has 0 spiro atoms. The van der Waals surface area contributed by atoms with Crippen molar-refractivity contribution in [3.05, 3.63) is 62.6 Å². The highest BCUT2D eigenvalue weighted by Crippen LogP contribution is 2.27. The number of halogens is 1. The Hall–Kier alpha value is -2.94. The number of ether oxygens (including phenoxy) is 2.